The number of aliphatic hydroxyl groups excluding tert-OH is 1. The van der Waals surface area contributed by atoms with E-state index in [9.17, 15) is 14.9 Å². The third-order valence-electron chi connectivity index (χ3n) is 2.39. The number of amides is 1. The third kappa shape index (κ3) is 4.50. The van der Waals surface area contributed by atoms with Gasteiger partial charge in [0.2, 0.25) is 5.91 Å². The molecule has 1 heterocycles. The third-order valence-corrected chi connectivity index (χ3v) is 2.39. The van der Waals surface area contributed by atoms with Crippen LogP contribution in [0.15, 0.2) is 12.3 Å². The summed E-state index contributed by atoms with van der Waals surface area (Å²) in [6, 6.07) is 1.24. The lowest BCUT2D eigenvalue weighted by Gasteiger charge is -2.10. The van der Waals surface area contributed by atoms with Gasteiger partial charge in [0.05, 0.1) is 17.4 Å². The van der Waals surface area contributed by atoms with Crippen molar-refractivity contribution in [2.45, 2.75) is 19.9 Å². The van der Waals surface area contributed by atoms with Gasteiger partial charge in [-0.05, 0) is 17.3 Å². The average Bonchev–Trinajstić information content (AvgIpc) is 2.75. The van der Waals surface area contributed by atoms with Gasteiger partial charge < -0.3 is 20.5 Å². The summed E-state index contributed by atoms with van der Waals surface area (Å²) in [5.74, 6) is -0.361. The van der Waals surface area contributed by atoms with Crippen LogP contribution in [0.4, 0.5) is 5.82 Å². The molecule has 0 aliphatic heterocycles. The summed E-state index contributed by atoms with van der Waals surface area (Å²) < 4.78 is 1.21. The number of nitrogens with zero attached hydrogens (tertiary/aromatic N) is 3. The summed E-state index contributed by atoms with van der Waals surface area (Å²) in [5, 5.41) is 25.4. The Balaban J connectivity index is 2.37. The van der Waals surface area contributed by atoms with Crippen LogP contribution in [0, 0.1) is 16.0 Å². The van der Waals surface area contributed by atoms with Gasteiger partial charge in [0.1, 0.15) is 6.54 Å². The maximum absolute atomic E-state index is 11.5. The standard InChI is InChI=1S/C10H16N4O4/c1-8(3-5-15)6-11-10(16)7-13-4-2-9(12-13)14(17)18/h2,4,8,15H,3,5-7H2,1H3,(H,11,16). The lowest BCUT2D eigenvalue weighted by molar-refractivity contribution is -0.389. The zero-order chi connectivity index (χ0) is 13.5. The zero-order valence-electron chi connectivity index (χ0n) is 10.1. The molecule has 1 aromatic rings. The molecule has 8 heteroatoms. The Labute approximate surface area is 104 Å². The zero-order valence-corrected chi connectivity index (χ0v) is 10.1. The summed E-state index contributed by atoms with van der Waals surface area (Å²) in [5.41, 5.74) is 0. The Morgan fingerprint density at radius 3 is 3.00 bits per heavy atom. The Morgan fingerprint density at radius 2 is 2.44 bits per heavy atom. The van der Waals surface area contributed by atoms with Crippen LogP contribution in [-0.2, 0) is 11.3 Å². The molecule has 0 fully saturated rings. The van der Waals surface area contributed by atoms with Gasteiger partial charge in [-0.15, -0.1) is 0 Å². The van der Waals surface area contributed by atoms with E-state index >= 15 is 0 Å². The van der Waals surface area contributed by atoms with Crippen molar-refractivity contribution in [2.24, 2.45) is 5.92 Å². The van der Waals surface area contributed by atoms with Crippen molar-refractivity contribution in [3.05, 3.63) is 22.4 Å². The maximum atomic E-state index is 11.5. The van der Waals surface area contributed by atoms with Crippen LogP contribution in [0.25, 0.3) is 0 Å². The van der Waals surface area contributed by atoms with E-state index in [4.69, 9.17) is 5.11 Å². The highest BCUT2D eigenvalue weighted by Crippen LogP contribution is 2.04. The van der Waals surface area contributed by atoms with E-state index in [0.29, 0.717) is 13.0 Å². The summed E-state index contributed by atoms with van der Waals surface area (Å²) in [7, 11) is 0. The number of aliphatic hydroxyl groups is 1. The first kappa shape index (κ1) is 14.1. The Bertz CT molecular complexity index is 418. The van der Waals surface area contributed by atoms with Crippen LogP contribution in [-0.4, -0.2) is 38.9 Å². The first-order valence-electron chi connectivity index (χ1n) is 5.58. The Kier molecular flexibility index (Phi) is 5.25. The van der Waals surface area contributed by atoms with Crippen LogP contribution in [0.5, 0.6) is 0 Å². The summed E-state index contributed by atoms with van der Waals surface area (Å²) >= 11 is 0. The molecule has 18 heavy (non-hydrogen) atoms. The van der Waals surface area contributed by atoms with Crippen molar-refractivity contribution >= 4 is 11.7 Å². The minimum Gasteiger partial charge on any atom is -0.396 e. The monoisotopic (exact) mass is 256 g/mol. The molecule has 0 aliphatic carbocycles. The number of carbonyl (C=O) groups is 1. The van der Waals surface area contributed by atoms with Crippen molar-refractivity contribution < 1.29 is 14.8 Å². The molecule has 1 aromatic heterocycles. The minimum absolute atomic E-state index is 0.0559. The lowest BCUT2D eigenvalue weighted by Crippen LogP contribution is -2.31. The van der Waals surface area contributed by atoms with Gasteiger partial charge in [-0.25, -0.2) is 0 Å². The Morgan fingerprint density at radius 1 is 1.72 bits per heavy atom. The molecule has 100 valence electrons. The molecular formula is C10H16N4O4. The van der Waals surface area contributed by atoms with E-state index in [2.05, 4.69) is 10.4 Å². The second-order valence-corrected chi connectivity index (χ2v) is 4.05. The number of carbonyl (C=O) groups excluding carboxylic acids is 1. The van der Waals surface area contributed by atoms with E-state index in [1.54, 1.807) is 0 Å². The molecule has 0 spiro atoms. The van der Waals surface area contributed by atoms with E-state index in [1.807, 2.05) is 6.92 Å². The fraction of sp³-hybridized carbons (Fsp3) is 0.600. The number of nitrogens with one attached hydrogen (secondary N) is 1. The first-order valence-corrected chi connectivity index (χ1v) is 5.58. The summed E-state index contributed by atoms with van der Waals surface area (Å²) in [6.45, 7) is 2.40. The molecule has 0 aliphatic rings. The molecule has 0 bridgehead atoms. The van der Waals surface area contributed by atoms with E-state index in [1.165, 1.54) is 16.9 Å². The normalized spacial score (nSPS) is 12.1. The number of nitro groups is 1. The highest BCUT2D eigenvalue weighted by Gasteiger charge is 2.13. The van der Waals surface area contributed by atoms with Gasteiger partial charge in [-0.3, -0.25) is 4.79 Å². The summed E-state index contributed by atoms with van der Waals surface area (Å²) in [4.78, 5) is 21.3. The van der Waals surface area contributed by atoms with E-state index in [0.717, 1.165) is 0 Å². The lowest BCUT2D eigenvalue weighted by atomic mass is 10.1. The van der Waals surface area contributed by atoms with Crippen LogP contribution in [0.3, 0.4) is 0 Å². The fourth-order valence-electron chi connectivity index (χ4n) is 1.35. The second-order valence-electron chi connectivity index (χ2n) is 4.05. The molecular weight excluding hydrogens is 240 g/mol. The molecule has 2 N–H and O–H groups in total. The SMILES string of the molecule is CC(CCO)CNC(=O)Cn1ccc([N+](=O)[O-])n1. The molecule has 1 atom stereocenters. The highest BCUT2D eigenvalue weighted by molar-refractivity contribution is 5.75. The molecule has 0 aromatic carbocycles. The Hall–Kier alpha value is -1.96. The molecule has 0 saturated heterocycles. The van der Waals surface area contributed by atoms with Gasteiger partial charge in [-0.1, -0.05) is 6.92 Å². The van der Waals surface area contributed by atoms with Gasteiger partial charge in [0.15, 0.2) is 0 Å². The second kappa shape index (κ2) is 6.70. The van der Waals surface area contributed by atoms with Crippen molar-refractivity contribution in [3.63, 3.8) is 0 Å². The smallest absolute Gasteiger partial charge is 0.389 e. The predicted molar refractivity (Wildman–Crippen MR) is 62.8 cm³/mol. The average molecular weight is 256 g/mol. The quantitative estimate of drug-likeness (QED) is 0.524. The maximum Gasteiger partial charge on any atom is 0.389 e. The first-order chi connectivity index (χ1) is 8.52. The van der Waals surface area contributed by atoms with Crippen LogP contribution >= 0.6 is 0 Å². The molecule has 0 radical (unpaired) electrons. The fourth-order valence-corrected chi connectivity index (χ4v) is 1.35. The number of rotatable bonds is 7. The number of hydrogen-bond donors (Lipinski definition) is 2. The van der Waals surface area contributed by atoms with Gasteiger partial charge >= 0.3 is 5.82 Å². The summed E-state index contributed by atoms with van der Waals surface area (Å²) in [6.07, 6.45) is 2.00. The molecule has 1 rings (SSSR count). The van der Waals surface area contributed by atoms with Crippen LogP contribution < -0.4 is 5.32 Å². The molecule has 1 amide bonds. The van der Waals surface area contributed by atoms with E-state index < -0.39 is 4.92 Å². The minimum atomic E-state index is -0.613. The van der Waals surface area contributed by atoms with Crippen LogP contribution in [0.1, 0.15) is 13.3 Å². The molecule has 8 nitrogen and oxygen atoms in total. The van der Waals surface area contributed by atoms with Gasteiger partial charge in [-0.2, -0.15) is 4.68 Å². The van der Waals surface area contributed by atoms with Crippen LogP contribution in [0.2, 0.25) is 0 Å². The number of hydrogen-bond acceptors (Lipinski definition) is 5. The van der Waals surface area contributed by atoms with Crippen molar-refractivity contribution in [3.8, 4) is 0 Å². The molecule has 0 saturated carbocycles. The topological polar surface area (TPSA) is 110 Å². The predicted octanol–water partition coefficient (Wildman–Crippen LogP) is -0.0740. The van der Waals surface area contributed by atoms with Gasteiger partial charge in [0, 0.05) is 13.2 Å². The highest BCUT2D eigenvalue weighted by atomic mass is 16.6. The van der Waals surface area contributed by atoms with E-state index in [-0.39, 0.29) is 30.8 Å². The molecule has 1 unspecified atom stereocenters. The number of aromatic nitrogens is 2. The van der Waals surface area contributed by atoms with Crippen molar-refractivity contribution in [2.75, 3.05) is 13.2 Å². The van der Waals surface area contributed by atoms with Gasteiger partial charge in [0.25, 0.3) is 0 Å². The van der Waals surface area contributed by atoms with Crippen molar-refractivity contribution in [1.29, 1.82) is 0 Å². The largest absolute Gasteiger partial charge is 0.396 e. The van der Waals surface area contributed by atoms with Crippen molar-refractivity contribution in [1.82, 2.24) is 15.1 Å².